The molecule has 108 valence electrons. The number of halogens is 1. The second kappa shape index (κ2) is 7.72. The highest BCUT2D eigenvalue weighted by molar-refractivity contribution is 14.0. The number of aliphatic imine (C=N–C) groups is 1. The Kier molecular flexibility index (Phi) is 6.60. The molecule has 2 N–H and O–H groups in total. The van der Waals surface area contributed by atoms with E-state index in [4.69, 9.17) is 5.73 Å². The Labute approximate surface area is 132 Å². The van der Waals surface area contributed by atoms with Crippen LogP contribution in [0.1, 0.15) is 31.5 Å². The maximum atomic E-state index is 5.92. The summed E-state index contributed by atoms with van der Waals surface area (Å²) in [6, 6.07) is 0.641. The molecule has 1 aromatic heterocycles. The Bertz CT molecular complexity index is 411. The third kappa shape index (κ3) is 5.00. The van der Waals surface area contributed by atoms with E-state index >= 15 is 0 Å². The zero-order valence-corrected chi connectivity index (χ0v) is 14.1. The average molecular weight is 377 g/mol. The Morgan fingerprint density at radius 2 is 2.26 bits per heavy atom. The zero-order valence-electron chi connectivity index (χ0n) is 11.7. The summed E-state index contributed by atoms with van der Waals surface area (Å²) in [5.41, 5.74) is 5.92. The number of hydrogen-bond acceptors (Lipinski definition) is 2. The van der Waals surface area contributed by atoms with Crippen LogP contribution in [0.5, 0.6) is 0 Å². The molecule has 0 saturated heterocycles. The Hall–Kier alpha value is -0.790. The summed E-state index contributed by atoms with van der Waals surface area (Å²) in [5, 5.41) is 0. The van der Waals surface area contributed by atoms with Gasteiger partial charge in [-0.25, -0.2) is 4.98 Å². The van der Waals surface area contributed by atoms with E-state index in [0.29, 0.717) is 12.0 Å². The summed E-state index contributed by atoms with van der Waals surface area (Å²) in [6.45, 7) is 3.86. The monoisotopic (exact) mass is 377 g/mol. The maximum Gasteiger partial charge on any atom is 0.191 e. The average Bonchev–Trinajstić information content (AvgIpc) is 3.13. The van der Waals surface area contributed by atoms with Gasteiger partial charge in [-0.2, -0.15) is 0 Å². The van der Waals surface area contributed by atoms with E-state index < -0.39 is 0 Å². The van der Waals surface area contributed by atoms with Gasteiger partial charge in [0, 0.05) is 38.6 Å². The predicted octanol–water partition coefficient (Wildman–Crippen LogP) is 2.00. The van der Waals surface area contributed by atoms with Gasteiger partial charge in [0.2, 0.25) is 0 Å². The van der Waals surface area contributed by atoms with E-state index in [0.717, 1.165) is 31.8 Å². The van der Waals surface area contributed by atoms with Crippen molar-refractivity contribution in [2.75, 3.05) is 13.6 Å². The number of nitrogens with zero attached hydrogens (tertiary/aromatic N) is 4. The van der Waals surface area contributed by atoms with Crippen LogP contribution in [-0.2, 0) is 6.54 Å². The number of unbranched alkanes of at least 4 members (excludes halogenated alkanes) is 1. The van der Waals surface area contributed by atoms with Crippen molar-refractivity contribution in [2.24, 2.45) is 10.7 Å². The van der Waals surface area contributed by atoms with Crippen molar-refractivity contribution in [1.29, 1.82) is 0 Å². The van der Waals surface area contributed by atoms with Gasteiger partial charge in [-0.05, 0) is 32.6 Å². The topological polar surface area (TPSA) is 59.4 Å². The quantitative estimate of drug-likeness (QED) is 0.357. The molecule has 1 aliphatic rings. The van der Waals surface area contributed by atoms with Crippen LogP contribution in [0.2, 0.25) is 0 Å². The molecule has 19 heavy (non-hydrogen) atoms. The molecule has 0 aliphatic heterocycles. The number of rotatable bonds is 6. The summed E-state index contributed by atoms with van der Waals surface area (Å²) in [6.07, 6.45) is 8.56. The number of hydrogen-bond donors (Lipinski definition) is 1. The molecular formula is C13H24IN5. The molecule has 0 amide bonds. The van der Waals surface area contributed by atoms with Gasteiger partial charge in [0.05, 0.1) is 0 Å². The van der Waals surface area contributed by atoms with Gasteiger partial charge < -0.3 is 15.2 Å². The van der Waals surface area contributed by atoms with Crippen molar-refractivity contribution in [1.82, 2.24) is 14.5 Å². The smallest absolute Gasteiger partial charge is 0.191 e. The van der Waals surface area contributed by atoms with Gasteiger partial charge in [0.15, 0.2) is 5.96 Å². The molecule has 2 rings (SSSR count). The minimum atomic E-state index is 0. The molecule has 1 aromatic rings. The third-order valence-electron chi connectivity index (χ3n) is 3.46. The SMILES string of the molecule is Cc1nccn1CCCCN=C(N)N(C)C1CC1.I. The first-order valence-electron chi connectivity index (χ1n) is 6.69. The van der Waals surface area contributed by atoms with Crippen LogP contribution in [-0.4, -0.2) is 40.0 Å². The zero-order chi connectivity index (χ0) is 13.0. The van der Waals surface area contributed by atoms with Crippen molar-refractivity contribution >= 4 is 29.9 Å². The van der Waals surface area contributed by atoms with Gasteiger partial charge in [0.1, 0.15) is 5.82 Å². The van der Waals surface area contributed by atoms with Crippen LogP contribution < -0.4 is 5.73 Å². The normalized spacial score (nSPS) is 15.2. The molecule has 0 atom stereocenters. The van der Waals surface area contributed by atoms with Gasteiger partial charge in [-0.15, -0.1) is 24.0 Å². The predicted molar refractivity (Wildman–Crippen MR) is 88.9 cm³/mol. The number of guanidine groups is 1. The van der Waals surface area contributed by atoms with Gasteiger partial charge in [-0.1, -0.05) is 0 Å². The van der Waals surface area contributed by atoms with Gasteiger partial charge in [0.25, 0.3) is 0 Å². The van der Waals surface area contributed by atoms with E-state index in [2.05, 4.69) is 19.4 Å². The highest BCUT2D eigenvalue weighted by Gasteiger charge is 2.27. The molecule has 6 heteroatoms. The summed E-state index contributed by atoms with van der Waals surface area (Å²) in [7, 11) is 2.03. The standard InChI is InChI=1S/C13H23N5.HI/c1-11-15-8-10-18(11)9-4-3-7-16-13(14)17(2)12-5-6-12;/h8,10,12H,3-7,9H2,1-2H3,(H2,14,16);1H. The molecule has 1 aliphatic carbocycles. The van der Waals surface area contributed by atoms with Crippen LogP contribution >= 0.6 is 24.0 Å². The van der Waals surface area contributed by atoms with Crippen molar-refractivity contribution in [3.8, 4) is 0 Å². The first kappa shape index (κ1) is 16.3. The lowest BCUT2D eigenvalue weighted by Crippen LogP contribution is -2.35. The van der Waals surface area contributed by atoms with Crippen molar-refractivity contribution in [3.63, 3.8) is 0 Å². The summed E-state index contributed by atoms with van der Waals surface area (Å²) >= 11 is 0. The summed E-state index contributed by atoms with van der Waals surface area (Å²) in [5.74, 6) is 1.77. The summed E-state index contributed by atoms with van der Waals surface area (Å²) < 4.78 is 2.17. The van der Waals surface area contributed by atoms with E-state index in [1.54, 1.807) is 0 Å². The lowest BCUT2D eigenvalue weighted by atomic mass is 10.3. The lowest BCUT2D eigenvalue weighted by molar-refractivity contribution is 0.486. The van der Waals surface area contributed by atoms with Crippen molar-refractivity contribution < 1.29 is 0 Å². The largest absolute Gasteiger partial charge is 0.370 e. The lowest BCUT2D eigenvalue weighted by Gasteiger charge is -2.16. The van der Waals surface area contributed by atoms with Crippen LogP contribution in [0.4, 0.5) is 0 Å². The minimum Gasteiger partial charge on any atom is -0.370 e. The van der Waals surface area contributed by atoms with E-state index in [-0.39, 0.29) is 24.0 Å². The first-order chi connectivity index (χ1) is 8.68. The molecule has 0 bridgehead atoms. The van der Waals surface area contributed by atoms with Gasteiger partial charge in [-0.3, -0.25) is 4.99 Å². The molecule has 5 nitrogen and oxygen atoms in total. The summed E-state index contributed by atoms with van der Waals surface area (Å²) in [4.78, 5) is 10.7. The van der Waals surface area contributed by atoms with E-state index in [1.165, 1.54) is 12.8 Å². The molecule has 1 fully saturated rings. The van der Waals surface area contributed by atoms with E-state index in [1.807, 2.05) is 26.4 Å². The molecule has 1 heterocycles. The molecule has 1 saturated carbocycles. The van der Waals surface area contributed by atoms with Gasteiger partial charge >= 0.3 is 0 Å². The fourth-order valence-electron chi connectivity index (χ4n) is 1.99. The highest BCUT2D eigenvalue weighted by Crippen LogP contribution is 2.24. The van der Waals surface area contributed by atoms with Crippen molar-refractivity contribution in [3.05, 3.63) is 18.2 Å². The second-order valence-electron chi connectivity index (χ2n) is 4.96. The van der Waals surface area contributed by atoms with Crippen LogP contribution in [0.3, 0.4) is 0 Å². The van der Waals surface area contributed by atoms with Crippen LogP contribution in [0.15, 0.2) is 17.4 Å². The van der Waals surface area contributed by atoms with Crippen LogP contribution in [0.25, 0.3) is 0 Å². The second-order valence-corrected chi connectivity index (χ2v) is 4.96. The molecule has 0 unspecified atom stereocenters. The Morgan fingerprint density at radius 1 is 1.53 bits per heavy atom. The minimum absolute atomic E-state index is 0. The Morgan fingerprint density at radius 3 is 2.84 bits per heavy atom. The molecule has 0 aromatic carbocycles. The fourth-order valence-corrected chi connectivity index (χ4v) is 1.99. The molecule has 0 radical (unpaired) electrons. The van der Waals surface area contributed by atoms with Crippen LogP contribution in [0, 0.1) is 6.92 Å². The van der Waals surface area contributed by atoms with E-state index in [9.17, 15) is 0 Å². The number of aryl methyl sites for hydroxylation is 2. The number of nitrogens with two attached hydrogens (primary N) is 1. The third-order valence-corrected chi connectivity index (χ3v) is 3.46. The molecule has 0 spiro atoms. The first-order valence-corrected chi connectivity index (χ1v) is 6.69. The number of imidazole rings is 1. The maximum absolute atomic E-state index is 5.92. The highest BCUT2D eigenvalue weighted by atomic mass is 127. The Balaban J connectivity index is 0.00000180. The number of aromatic nitrogens is 2. The molecular weight excluding hydrogens is 353 g/mol. The fraction of sp³-hybridized carbons (Fsp3) is 0.692. The van der Waals surface area contributed by atoms with Crippen molar-refractivity contribution in [2.45, 2.75) is 45.2 Å².